The number of amides is 1. The number of pyridine rings is 1. The quantitative estimate of drug-likeness (QED) is 0.748. The minimum atomic E-state index is -0.215. The number of benzene rings is 1. The number of nitrogens with one attached hydrogen (secondary N) is 1. The minimum absolute atomic E-state index is 0.215. The van der Waals surface area contributed by atoms with E-state index >= 15 is 0 Å². The zero-order chi connectivity index (χ0) is 15.4. The van der Waals surface area contributed by atoms with Crippen molar-refractivity contribution in [3.63, 3.8) is 0 Å². The molecule has 5 nitrogen and oxygen atoms in total. The molecule has 0 aliphatic rings. The van der Waals surface area contributed by atoms with E-state index in [2.05, 4.69) is 10.3 Å². The molecule has 1 amide bonds. The van der Waals surface area contributed by atoms with Gasteiger partial charge in [-0.3, -0.25) is 14.6 Å². The van der Waals surface area contributed by atoms with Crippen LogP contribution >= 0.6 is 0 Å². The van der Waals surface area contributed by atoms with Crippen LogP contribution in [0, 0.1) is 0 Å². The van der Waals surface area contributed by atoms with E-state index in [1.54, 1.807) is 60.9 Å². The first-order valence-corrected chi connectivity index (χ1v) is 6.63. The molecule has 0 spiro atoms. The van der Waals surface area contributed by atoms with Crippen molar-refractivity contribution in [1.29, 1.82) is 0 Å². The Labute approximate surface area is 126 Å². The van der Waals surface area contributed by atoms with Gasteiger partial charge in [-0.05, 0) is 36.4 Å². The summed E-state index contributed by atoms with van der Waals surface area (Å²) in [7, 11) is 0. The lowest BCUT2D eigenvalue weighted by Gasteiger charge is -2.05. The minimum Gasteiger partial charge on any atom is -0.453 e. The Bertz CT molecular complexity index is 792. The van der Waals surface area contributed by atoms with Crippen LogP contribution in [-0.2, 0) is 0 Å². The third-order valence-electron chi connectivity index (χ3n) is 3.09. The lowest BCUT2D eigenvalue weighted by molar-refractivity contribution is 0.102. The molecule has 0 saturated heterocycles. The Kier molecular flexibility index (Phi) is 3.78. The van der Waals surface area contributed by atoms with Gasteiger partial charge in [0.15, 0.2) is 12.0 Å². The number of carbonyl (C=O) groups excluding carboxylic acids is 2. The normalized spacial score (nSPS) is 10.2. The van der Waals surface area contributed by atoms with Crippen molar-refractivity contribution in [2.45, 2.75) is 0 Å². The van der Waals surface area contributed by atoms with Crippen LogP contribution in [0.15, 0.2) is 65.3 Å². The summed E-state index contributed by atoms with van der Waals surface area (Å²) >= 11 is 0. The molecule has 0 atom stereocenters. The van der Waals surface area contributed by atoms with Crippen molar-refractivity contribution >= 4 is 17.9 Å². The summed E-state index contributed by atoms with van der Waals surface area (Å²) in [6, 6.07) is 13.8. The monoisotopic (exact) mass is 292 g/mol. The smallest absolute Gasteiger partial charge is 0.255 e. The maximum Gasteiger partial charge on any atom is 0.255 e. The van der Waals surface area contributed by atoms with Gasteiger partial charge in [-0.2, -0.15) is 0 Å². The van der Waals surface area contributed by atoms with Gasteiger partial charge in [0, 0.05) is 17.3 Å². The number of aromatic nitrogens is 1. The number of hydrogen-bond acceptors (Lipinski definition) is 4. The van der Waals surface area contributed by atoms with Gasteiger partial charge in [-0.1, -0.05) is 12.1 Å². The fraction of sp³-hybridized carbons (Fsp3) is 0. The van der Waals surface area contributed by atoms with Crippen LogP contribution in [0.3, 0.4) is 0 Å². The molecule has 0 unspecified atom stereocenters. The van der Waals surface area contributed by atoms with Crippen LogP contribution in [0.5, 0.6) is 0 Å². The largest absolute Gasteiger partial charge is 0.453 e. The van der Waals surface area contributed by atoms with Crippen molar-refractivity contribution in [2.75, 3.05) is 5.32 Å². The molecule has 1 aromatic carbocycles. The number of nitrogens with zero attached hydrogens (tertiary/aromatic N) is 1. The molecule has 0 radical (unpaired) electrons. The Balaban J connectivity index is 1.76. The first-order valence-electron chi connectivity index (χ1n) is 6.63. The summed E-state index contributed by atoms with van der Waals surface area (Å²) < 4.78 is 5.34. The summed E-state index contributed by atoms with van der Waals surface area (Å²) in [6.07, 6.45) is 3.87. The Morgan fingerprint density at radius 1 is 1.09 bits per heavy atom. The van der Waals surface area contributed by atoms with E-state index in [-0.39, 0.29) is 11.7 Å². The predicted octanol–water partition coefficient (Wildman–Crippen LogP) is 3.41. The topological polar surface area (TPSA) is 72.2 Å². The van der Waals surface area contributed by atoms with Gasteiger partial charge >= 0.3 is 0 Å². The van der Waals surface area contributed by atoms with E-state index in [4.69, 9.17) is 4.42 Å². The molecule has 22 heavy (non-hydrogen) atoms. The lowest BCUT2D eigenvalue weighted by Crippen LogP contribution is -2.11. The lowest BCUT2D eigenvalue weighted by atomic mass is 10.1. The van der Waals surface area contributed by atoms with Crippen LogP contribution in [0.4, 0.5) is 5.69 Å². The second kappa shape index (κ2) is 6.05. The maximum absolute atomic E-state index is 12.1. The van der Waals surface area contributed by atoms with Crippen molar-refractivity contribution in [2.24, 2.45) is 0 Å². The molecule has 0 aliphatic heterocycles. The van der Waals surface area contributed by atoms with Gasteiger partial charge in [0.05, 0.1) is 11.9 Å². The Morgan fingerprint density at radius 3 is 2.55 bits per heavy atom. The molecule has 5 heteroatoms. The zero-order valence-electron chi connectivity index (χ0n) is 11.5. The SMILES string of the molecule is O=Cc1ccc(-c2ccc(C(=O)Nc3cccnc3)cc2)o1. The summed E-state index contributed by atoms with van der Waals surface area (Å²) in [5.41, 5.74) is 1.96. The van der Waals surface area contributed by atoms with Crippen molar-refractivity contribution in [3.05, 3.63) is 72.2 Å². The molecule has 1 N–H and O–H groups in total. The highest BCUT2D eigenvalue weighted by atomic mass is 16.3. The fourth-order valence-corrected chi connectivity index (χ4v) is 2.00. The van der Waals surface area contributed by atoms with Gasteiger partial charge in [0.1, 0.15) is 5.76 Å². The van der Waals surface area contributed by atoms with Crippen molar-refractivity contribution in [1.82, 2.24) is 4.98 Å². The van der Waals surface area contributed by atoms with E-state index in [1.165, 1.54) is 0 Å². The molecule has 3 aromatic rings. The average molecular weight is 292 g/mol. The molecule has 3 rings (SSSR count). The number of aldehydes is 1. The van der Waals surface area contributed by atoms with Gasteiger partial charge in [0.25, 0.3) is 5.91 Å². The Morgan fingerprint density at radius 2 is 1.91 bits per heavy atom. The van der Waals surface area contributed by atoms with Crippen LogP contribution < -0.4 is 5.32 Å². The van der Waals surface area contributed by atoms with Crippen LogP contribution in [0.1, 0.15) is 20.9 Å². The van der Waals surface area contributed by atoms with E-state index in [0.717, 1.165) is 5.56 Å². The third-order valence-corrected chi connectivity index (χ3v) is 3.09. The summed E-state index contributed by atoms with van der Waals surface area (Å²) in [4.78, 5) is 26.7. The summed E-state index contributed by atoms with van der Waals surface area (Å²) in [5.74, 6) is 0.641. The molecular weight excluding hydrogens is 280 g/mol. The second-order valence-electron chi connectivity index (χ2n) is 4.59. The van der Waals surface area contributed by atoms with E-state index in [9.17, 15) is 9.59 Å². The standard InChI is InChI=1S/C17H12N2O3/c20-11-15-7-8-16(22-15)12-3-5-13(6-4-12)17(21)19-14-2-1-9-18-10-14/h1-11H,(H,19,21). The van der Waals surface area contributed by atoms with Gasteiger partial charge in [0.2, 0.25) is 0 Å². The number of furan rings is 1. The number of anilines is 1. The highest BCUT2D eigenvalue weighted by Gasteiger charge is 2.08. The van der Waals surface area contributed by atoms with Crippen LogP contribution in [0.2, 0.25) is 0 Å². The van der Waals surface area contributed by atoms with Crippen LogP contribution in [0.25, 0.3) is 11.3 Å². The highest BCUT2D eigenvalue weighted by Crippen LogP contribution is 2.22. The van der Waals surface area contributed by atoms with Crippen molar-refractivity contribution in [3.8, 4) is 11.3 Å². The second-order valence-corrected chi connectivity index (χ2v) is 4.59. The van der Waals surface area contributed by atoms with E-state index < -0.39 is 0 Å². The summed E-state index contributed by atoms with van der Waals surface area (Å²) in [5, 5.41) is 2.76. The predicted molar refractivity (Wildman–Crippen MR) is 81.7 cm³/mol. The first-order chi connectivity index (χ1) is 10.8. The molecule has 0 bridgehead atoms. The molecule has 0 aliphatic carbocycles. The average Bonchev–Trinajstić information content (AvgIpc) is 3.05. The van der Waals surface area contributed by atoms with Crippen molar-refractivity contribution < 1.29 is 14.0 Å². The molecular formula is C17H12N2O3. The maximum atomic E-state index is 12.1. The number of hydrogen-bond donors (Lipinski definition) is 1. The summed E-state index contributed by atoms with van der Waals surface area (Å²) in [6.45, 7) is 0. The first kappa shape index (κ1) is 13.8. The molecule has 0 saturated carbocycles. The fourth-order valence-electron chi connectivity index (χ4n) is 2.00. The molecule has 0 fully saturated rings. The molecule has 2 heterocycles. The van der Waals surface area contributed by atoms with E-state index in [1.807, 2.05) is 0 Å². The highest BCUT2D eigenvalue weighted by molar-refractivity contribution is 6.04. The van der Waals surface area contributed by atoms with E-state index in [0.29, 0.717) is 23.3 Å². The third kappa shape index (κ3) is 2.93. The molecule has 2 aromatic heterocycles. The van der Waals surface area contributed by atoms with Crippen LogP contribution in [-0.4, -0.2) is 17.2 Å². The molecule has 108 valence electrons. The van der Waals surface area contributed by atoms with Gasteiger partial charge in [-0.15, -0.1) is 0 Å². The zero-order valence-corrected chi connectivity index (χ0v) is 11.5. The van der Waals surface area contributed by atoms with Gasteiger partial charge < -0.3 is 9.73 Å². The Hall–Kier alpha value is -3.21. The number of rotatable bonds is 4. The number of carbonyl (C=O) groups is 2. The van der Waals surface area contributed by atoms with Gasteiger partial charge in [-0.25, -0.2) is 0 Å².